The molecule has 2 fully saturated rings. The number of sulfonamides is 1. The van der Waals surface area contributed by atoms with Gasteiger partial charge in [0.15, 0.2) is 0 Å². The van der Waals surface area contributed by atoms with Gasteiger partial charge >= 0.3 is 5.97 Å². The van der Waals surface area contributed by atoms with Crippen molar-refractivity contribution in [2.45, 2.75) is 62.8 Å². The lowest BCUT2D eigenvalue weighted by Crippen LogP contribution is -2.30. The molecule has 210 valence electrons. The topological polar surface area (TPSA) is 122 Å². The van der Waals surface area contributed by atoms with E-state index >= 15 is 0 Å². The maximum absolute atomic E-state index is 14.1. The summed E-state index contributed by atoms with van der Waals surface area (Å²) >= 11 is 0. The molecule has 0 spiro atoms. The second kappa shape index (κ2) is 11.7. The van der Waals surface area contributed by atoms with Gasteiger partial charge < -0.3 is 14.9 Å². The molecule has 5 rings (SSSR count). The molecule has 2 heterocycles. The number of ether oxygens (including phenoxy) is 1. The van der Waals surface area contributed by atoms with Crippen LogP contribution in [-0.4, -0.2) is 65.0 Å². The first-order valence-electron chi connectivity index (χ1n) is 13.9. The Kier molecular flexibility index (Phi) is 8.25. The molecular formula is C29H37N3O6S. The van der Waals surface area contributed by atoms with Crippen molar-refractivity contribution in [2.24, 2.45) is 11.8 Å². The van der Waals surface area contributed by atoms with E-state index in [4.69, 9.17) is 9.84 Å². The van der Waals surface area contributed by atoms with Crippen LogP contribution in [0.2, 0.25) is 0 Å². The van der Waals surface area contributed by atoms with E-state index in [-0.39, 0.29) is 42.8 Å². The predicted molar refractivity (Wildman–Crippen MR) is 147 cm³/mol. The van der Waals surface area contributed by atoms with Crippen molar-refractivity contribution in [1.29, 1.82) is 0 Å². The van der Waals surface area contributed by atoms with Crippen LogP contribution in [0.3, 0.4) is 0 Å². The van der Waals surface area contributed by atoms with Crippen molar-refractivity contribution in [3.8, 4) is 5.75 Å². The van der Waals surface area contributed by atoms with E-state index in [1.165, 1.54) is 12.8 Å². The molecule has 0 amide bonds. The number of carboxylic acids is 1. The summed E-state index contributed by atoms with van der Waals surface area (Å²) in [6, 6.07) is 12.3. The zero-order valence-electron chi connectivity index (χ0n) is 22.3. The molecule has 10 heteroatoms. The molecule has 2 atom stereocenters. The quantitative estimate of drug-likeness (QED) is 0.366. The zero-order valence-corrected chi connectivity index (χ0v) is 23.1. The Morgan fingerprint density at radius 2 is 1.90 bits per heavy atom. The van der Waals surface area contributed by atoms with E-state index in [0.717, 1.165) is 30.2 Å². The van der Waals surface area contributed by atoms with Gasteiger partial charge in [0.25, 0.3) is 0 Å². The standard InChI is InChI=1S/C29H37N3O6S/c1-2-38-23-11-12-28(21(16-23)13-14-33)39(36,37)31-18-22(15-20-7-3-4-8-20)27(19-31)32-26-10-6-5-9-24(26)25(30-32)17-29(34)35/h5-6,9-12,16,20,22,27,33H,2-4,7-8,13-15,17-19H2,1H3,(H,34,35)/t22-,27+/m1/s1. The van der Waals surface area contributed by atoms with Crippen LogP contribution >= 0.6 is 0 Å². The zero-order chi connectivity index (χ0) is 27.6. The minimum Gasteiger partial charge on any atom is -0.494 e. The van der Waals surface area contributed by atoms with Crippen LogP contribution in [0.4, 0.5) is 0 Å². The first-order valence-corrected chi connectivity index (χ1v) is 15.3. The number of benzene rings is 2. The Bertz CT molecular complexity index is 1430. The number of hydrogen-bond donors (Lipinski definition) is 2. The number of nitrogens with zero attached hydrogens (tertiary/aromatic N) is 3. The van der Waals surface area contributed by atoms with Crippen LogP contribution in [0.1, 0.15) is 56.3 Å². The van der Waals surface area contributed by atoms with Crippen molar-refractivity contribution in [1.82, 2.24) is 14.1 Å². The summed E-state index contributed by atoms with van der Waals surface area (Å²) in [7, 11) is -3.86. The average Bonchev–Trinajstić information content (AvgIpc) is 3.65. The van der Waals surface area contributed by atoms with Gasteiger partial charge in [0.1, 0.15) is 5.75 Å². The molecule has 0 radical (unpaired) electrons. The number of aliphatic carboxylic acids is 1. The fourth-order valence-electron chi connectivity index (χ4n) is 6.40. The fraction of sp³-hybridized carbons (Fsp3) is 0.517. The maximum atomic E-state index is 14.1. The number of aliphatic hydroxyl groups is 1. The third-order valence-electron chi connectivity index (χ3n) is 8.15. The van der Waals surface area contributed by atoms with E-state index in [2.05, 4.69) is 0 Å². The fourth-order valence-corrected chi connectivity index (χ4v) is 8.14. The number of fused-ring (bicyclic) bond motifs is 1. The molecule has 3 aromatic rings. The van der Waals surface area contributed by atoms with Crippen LogP contribution in [0.25, 0.3) is 10.9 Å². The van der Waals surface area contributed by atoms with Gasteiger partial charge in [-0.25, -0.2) is 8.42 Å². The minimum atomic E-state index is -3.86. The summed E-state index contributed by atoms with van der Waals surface area (Å²) in [6.45, 7) is 2.78. The molecule has 1 saturated heterocycles. The van der Waals surface area contributed by atoms with Crippen molar-refractivity contribution >= 4 is 26.9 Å². The van der Waals surface area contributed by atoms with Gasteiger partial charge in [0, 0.05) is 25.1 Å². The van der Waals surface area contributed by atoms with Crippen molar-refractivity contribution in [2.75, 3.05) is 26.3 Å². The molecule has 1 saturated carbocycles. The molecule has 0 unspecified atom stereocenters. The Labute approximate surface area is 229 Å². The second-order valence-corrected chi connectivity index (χ2v) is 12.6. The van der Waals surface area contributed by atoms with E-state index in [1.54, 1.807) is 22.5 Å². The molecule has 1 aliphatic carbocycles. The summed E-state index contributed by atoms with van der Waals surface area (Å²) in [5.41, 5.74) is 1.86. The predicted octanol–water partition coefficient (Wildman–Crippen LogP) is 4.04. The van der Waals surface area contributed by atoms with Crippen LogP contribution in [0, 0.1) is 11.8 Å². The molecule has 1 aromatic heterocycles. The van der Waals surface area contributed by atoms with E-state index in [1.807, 2.05) is 35.9 Å². The van der Waals surface area contributed by atoms with Crippen LogP contribution in [0.15, 0.2) is 47.4 Å². The highest BCUT2D eigenvalue weighted by molar-refractivity contribution is 7.89. The molecule has 9 nitrogen and oxygen atoms in total. The molecular weight excluding hydrogens is 518 g/mol. The first kappa shape index (κ1) is 27.6. The Morgan fingerprint density at radius 3 is 2.62 bits per heavy atom. The molecule has 39 heavy (non-hydrogen) atoms. The van der Waals surface area contributed by atoms with Gasteiger partial charge in [-0.1, -0.05) is 43.9 Å². The summed E-state index contributed by atoms with van der Waals surface area (Å²) in [5.74, 6) is 0.228. The number of carbonyl (C=O) groups is 1. The number of hydrogen-bond acceptors (Lipinski definition) is 6. The monoisotopic (exact) mass is 555 g/mol. The van der Waals surface area contributed by atoms with Crippen molar-refractivity contribution in [3.05, 3.63) is 53.7 Å². The lowest BCUT2D eigenvalue weighted by atomic mass is 9.90. The summed E-state index contributed by atoms with van der Waals surface area (Å²) in [6.07, 6.45) is 5.64. The van der Waals surface area contributed by atoms with Gasteiger partial charge in [-0.15, -0.1) is 0 Å². The van der Waals surface area contributed by atoms with Gasteiger partial charge in [-0.05, 0) is 61.4 Å². The van der Waals surface area contributed by atoms with Gasteiger partial charge in [-0.2, -0.15) is 9.40 Å². The van der Waals surface area contributed by atoms with Crippen LogP contribution in [0.5, 0.6) is 5.75 Å². The van der Waals surface area contributed by atoms with Crippen LogP contribution in [-0.2, 0) is 27.7 Å². The van der Waals surface area contributed by atoms with Crippen molar-refractivity contribution in [3.63, 3.8) is 0 Å². The number of aliphatic hydroxyl groups excluding tert-OH is 1. The smallest absolute Gasteiger partial charge is 0.309 e. The second-order valence-electron chi connectivity index (χ2n) is 10.7. The third-order valence-corrected chi connectivity index (χ3v) is 10.1. The first-order chi connectivity index (χ1) is 18.8. The maximum Gasteiger partial charge on any atom is 0.309 e. The van der Waals surface area contributed by atoms with E-state index in [0.29, 0.717) is 36.1 Å². The number of rotatable bonds is 11. The SMILES string of the molecule is CCOc1ccc(S(=O)(=O)N2C[C@@H](CC3CCCC3)[C@@H](n3nc(CC(=O)O)c4ccccc43)C2)c(CCO)c1. The van der Waals surface area contributed by atoms with E-state index < -0.39 is 16.0 Å². The molecule has 2 aromatic carbocycles. The summed E-state index contributed by atoms with van der Waals surface area (Å²) in [5, 5.41) is 24.7. The average molecular weight is 556 g/mol. The van der Waals surface area contributed by atoms with E-state index in [9.17, 15) is 23.4 Å². The van der Waals surface area contributed by atoms with Gasteiger partial charge in [0.05, 0.1) is 35.2 Å². The lowest BCUT2D eigenvalue weighted by Gasteiger charge is -2.22. The summed E-state index contributed by atoms with van der Waals surface area (Å²) < 4.78 is 37.2. The Hall–Kier alpha value is -2.95. The Morgan fingerprint density at radius 1 is 1.13 bits per heavy atom. The highest BCUT2D eigenvalue weighted by atomic mass is 32.2. The third kappa shape index (κ3) is 5.69. The lowest BCUT2D eigenvalue weighted by molar-refractivity contribution is -0.136. The number of aromatic nitrogens is 2. The minimum absolute atomic E-state index is 0.0489. The Balaban J connectivity index is 1.53. The van der Waals surface area contributed by atoms with Crippen molar-refractivity contribution < 1.29 is 28.2 Å². The number of para-hydroxylation sites is 1. The number of carboxylic acid groups (broad SMARTS) is 1. The summed E-state index contributed by atoms with van der Waals surface area (Å²) in [4.78, 5) is 11.8. The molecule has 1 aliphatic heterocycles. The van der Waals surface area contributed by atoms with Gasteiger partial charge in [-0.3, -0.25) is 9.48 Å². The highest BCUT2D eigenvalue weighted by Gasteiger charge is 2.43. The molecule has 2 N–H and O–H groups in total. The highest BCUT2D eigenvalue weighted by Crippen LogP contribution is 2.41. The normalized spacial score (nSPS) is 20.7. The molecule has 0 bridgehead atoms. The van der Waals surface area contributed by atoms with Gasteiger partial charge in [0.2, 0.25) is 10.0 Å². The molecule has 2 aliphatic rings. The largest absolute Gasteiger partial charge is 0.494 e. The van der Waals surface area contributed by atoms with Crippen LogP contribution < -0.4 is 4.74 Å².